The van der Waals surface area contributed by atoms with Gasteiger partial charge in [-0.15, -0.1) is 0 Å². The van der Waals surface area contributed by atoms with Gasteiger partial charge in [-0.3, -0.25) is 5.10 Å². The Balaban J connectivity index is 1.83. The van der Waals surface area contributed by atoms with Crippen molar-refractivity contribution in [3.8, 4) is 11.4 Å². The summed E-state index contributed by atoms with van der Waals surface area (Å²) in [6.07, 6.45) is 1.22. The number of aliphatic carboxylic acids is 1. The zero-order chi connectivity index (χ0) is 22.6. The van der Waals surface area contributed by atoms with Crippen LogP contribution in [0.15, 0.2) is 30.5 Å². The minimum Gasteiger partial charge on any atom is -0.494 e. The lowest BCUT2D eigenvalue weighted by molar-refractivity contribution is -0.147. The number of rotatable bonds is 5. The number of carboxylic acids is 1. The molecule has 5 rings (SSSR count). The molecule has 0 bridgehead atoms. The Kier molecular flexibility index (Phi) is 4.85. The van der Waals surface area contributed by atoms with Crippen molar-refractivity contribution in [3.63, 3.8) is 0 Å². The molecule has 3 aromatic heterocycles. The highest BCUT2D eigenvalue weighted by atomic mass is 19.1. The molecule has 0 spiro atoms. The van der Waals surface area contributed by atoms with Crippen molar-refractivity contribution in [1.82, 2.24) is 19.7 Å². The highest BCUT2D eigenvalue weighted by Gasteiger charge is 2.36. The first kappa shape index (κ1) is 20.4. The molecule has 0 amide bonds. The summed E-state index contributed by atoms with van der Waals surface area (Å²) in [5, 5.41) is 17.3. The van der Waals surface area contributed by atoms with Crippen LogP contribution in [0.2, 0.25) is 0 Å². The smallest absolute Gasteiger partial charge is 0.332 e. The largest absolute Gasteiger partial charge is 0.494 e. The lowest BCUT2D eigenvalue weighted by Crippen LogP contribution is -2.18. The number of hydrogen-bond acceptors (Lipinski definition) is 5. The Labute approximate surface area is 183 Å². The average Bonchev–Trinajstić information content (AvgIpc) is 3.49. The Hall–Kier alpha value is -3.46. The van der Waals surface area contributed by atoms with E-state index in [1.54, 1.807) is 18.3 Å². The molecule has 1 aromatic carbocycles. The molecule has 2 atom stereocenters. The number of H-pyrrole nitrogens is 1. The number of pyridine rings is 1. The molecule has 1 aliphatic rings. The second kappa shape index (κ2) is 7.59. The first-order valence-corrected chi connectivity index (χ1v) is 10.5. The average molecular weight is 438 g/mol. The summed E-state index contributed by atoms with van der Waals surface area (Å²) in [6.45, 7) is 4.45. The molecule has 4 aromatic rings. The van der Waals surface area contributed by atoms with Crippen molar-refractivity contribution in [1.29, 1.82) is 0 Å². The van der Waals surface area contributed by atoms with Crippen LogP contribution >= 0.6 is 0 Å². The Morgan fingerprint density at radius 3 is 2.88 bits per heavy atom. The van der Waals surface area contributed by atoms with Gasteiger partial charge in [0.1, 0.15) is 0 Å². The quantitative estimate of drug-likeness (QED) is 0.486. The van der Waals surface area contributed by atoms with E-state index in [0.717, 1.165) is 33.4 Å². The molecule has 32 heavy (non-hydrogen) atoms. The lowest BCUT2D eigenvalue weighted by Gasteiger charge is -2.18. The second-order valence-corrected chi connectivity index (χ2v) is 8.36. The van der Waals surface area contributed by atoms with Crippen molar-refractivity contribution in [2.24, 2.45) is 0 Å². The van der Waals surface area contributed by atoms with Crippen LogP contribution in [0.4, 0.5) is 4.39 Å². The Bertz CT molecular complexity index is 1340. The third kappa shape index (κ3) is 3.12. The molecule has 0 radical (unpaired) electrons. The third-order valence-corrected chi connectivity index (χ3v) is 6.04. The monoisotopic (exact) mass is 438 g/mol. The summed E-state index contributed by atoms with van der Waals surface area (Å²) >= 11 is 0. The highest BCUT2D eigenvalue weighted by Crippen LogP contribution is 2.42. The topological polar surface area (TPSA) is 102 Å². The van der Waals surface area contributed by atoms with Gasteiger partial charge in [0.25, 0.3) is 0 Å². The molecule has 8 nitrogen and oxygen atoms in total. The number of hydrogen-bond donors (Lipinski definition) is 2. The van der Waals surface area contributed by atoms with E-state index in [0.29, 0.717) is 18.7 Å². The van der Waals surface area contributed by atoms with E-state index in [1.807, 2.05) is 6.07 Å². The number of nitrogens with one attached hydrogen (secondary N) is 1. The number of aromatic nitrogens is 4. The Morgan fingerprint density at radius 1 is 1.38 bits per heavy atom. The van der Waals surface area contributed by atoms with Crippen molar-refractivity contribution < 1.29 is 23.8 Å². The SMILES string of the molecule is COc1cc(-n2c(C(C)C)c([C@@H]3CO[C@@H](C(=O)O)C3)c3nc4[nH]ncc4cc32)ccc1F. The number of aromatic amines is 1. The van der Waals surface area contributed by atoms with Crippen LogP contribution in [0, 0.1) is 5.82 Å². The summed E-state index contributed by atoms with van der Waals surface area (Å²) in [6, 6.07) is 6.75. The molecule has 2 N–H and O–H groups in total. The van der Waals surface area contributed by atoms with Crippen LogP contribution in [0.3, 0.4) is 0 Å². The molecular weight excluding hydrogens is 415 g/mol. The molecule has 0 saturated carbocycles. The summed E-state index contributed by atoms with van der Waals surface area (Å²) in [4.78, 5) is 16.4. The van der Waals surface area contributed by atoms with Gasteiger partial charge < -0.3 is 19.1 Å². The van der Waals surface area contributed by atoms with E-state index < -0.39 is 17.9 Å². The van der Waals surface area contributed by atoms with Gasteiger partial charge in [-0.25, -0.2) is 14.2 Å². The molecule has 0 unspecified atom stereocenters. The highest BCUT2D eigenvalue weighted by molar-refractivity contribution is 5.94. The van der Waals surface area contributed by atoms with E-state index in [9.17, 15) is 14.3 Å². The van der Waals surface area contributed by atoms with E-state index in [2.05, 4.69) is 28.6 Å². The number of halogens is 1. The van der Waals surface area contributed by atoms with Gasteiger partial charge in [0, 0.05) is 34.3 Å². The normalized spacial score (nSPS) is 18.8. The van der Waals surface area contributed by atoms with Crippen molar-refractivity contribution in [3.05, 3.63) is 47.5 Å². The van der Waals surface area contributed by atoms with Gasteiger partial charge in [-0.1, -0.05) is 13.8 Å². The maximum absolute atomic E-state index is 14.2. The molecule has 166 valence electrons. The first-order chi connectivity index (χ1) is 15.4. The van der Waals surface area contributed by atoms with Crippen LogP contribution in [0.1, 0.15) is 43.4 Å². The fraction of sp³-hybridized carbons (Fsp3) is 0.348. The Morgan fingerprint density at radius 2 is 2.19 bits per heavy atom. The van der Waals surface area contributed by atoms with E-state index in [4.69, 9.17) is 14.5 Å². The number of fused-ring (bicyclic) bond motifs is 2. The van der Waals surface area contributed by atoms with E-state index in [-0.39, 0.29) is 17.6 Å². The number of carboxylic acid groups (broad SMARTS) is 1. The summed E-state index contributed by atoms with van der Waals surface area (Å²) in [5.74, 6) is -1.31. The molecule has 1 aliphatic heterocycles. The number of ether oxygens (including phenoxy) is 2. The van der Waals surface area contributed by atoms with Crippen molar-refractivity contribution in [2.45, 2.75) is 38.2 Å². The summed E-state index contributed by atoms with van der Waals surface area (Å²) in [7, 11) is 1.43. The standard InChI is InChI=1S/C23H23FN4O4/c1-11(2)21-19(13-7-18(23(29)30)32-10-13)20-16(6-12-9-25-27-22(12)26-20)28(21)14-4-5-15(24)17(8-14)31-3/h4-6,8-9,11,13,18H,7,10H2,1-3H3,(H,29,30)(H,25,26,27)/t13-,18+/m0/s1. The van der Waals surface area contributed by atoms with Gasteiger partial charge in [-0.05, 0) is 30.5 Å². The maximum Gasteiger partial charge on any atom is 0.332 e. The van der Waals surface area contributed by atoms with Gasteiger partial charge in [-0.2, -0.15) is 5.10 Å². The number of benzene rings is 1. The van der Waals surface area contributed by atoms with Crippen LogP contribution in [-0.2, 0) is 9.53 Å². The van der Waals surface area contributed by atoms with Gasteiger partial charge in [0.15, 0.2) is 23.3 Å². The van der Waals surface area contributed by atoms with E-state index in [1.165, 1.54) is 13.2 Å². The van der Waals surface area contributed by atoms with Crippen LogP contribution in [0.5, 0.6) is 5.75 Å². The minimum atomic E-state index is -0.963. The van der Waals surface area contributed by atoms with Gasteiger partial charge in [0.05, 0.1) is 30.9 Å². The molecule has 4 heterocycles. The minimum absolute atomic E-state index is 0.0793. The number of carbonyl (C=O) groups is 1. The zero-order valence-corrected chi connectivity index (χ0v) is 17.9. The first-order valence-electron chi connectivity index (χ1n) is 10.5. The van der Waals surface area contributed by atoms with Crippen molar-refractivity contribution >= 4 is 28.0 Å². The predicted molar refractivity (Wildman–Crippen MR) is 116 cm³/mol. The third-order valence-electron chi connectivity index (χ3n) is 6.04. The molecule has 1 saturated heterocycles. The van der Waals surface area contributed by atoms with Gasteiger partial charge >= 0.3 is 5.97 Å². The zero-order valence-electron chi connectivity index (χ0n) is 17.9. The van der Waals surface area contributed by atoms with Crippen LogP contribution in [-0.4, -0.2) is 50.6 Å². The molecule has 9 heteroatoms. The lowest BCUT2D eigenvalue weighted by atomic mass is 9.91. The van der Waals surface area contributed by atoms with E-state index >= 15 is 0 Å². The van der Waals surface area contributed by atoms with Gasteiger partial charge in [0.2, 0.25) is 0 Å². The fourth-order valence-electron chi connectivity index (χ4n) is 4.65. The predicted octanol–water partition coefficient (Wildman–Crippen LogP) is 4.13. The van der Waals surface area contributed by atoms with Crippen LogP contribution in [0.25, 0.3) is 27.8 Å². The van der Waals surface area contributed by atoms with Crippen molar-refractivity contribution in [2.75, 3.05) is 13.7 Å². The number of nitrogens with zero attached hydrogens (tertiary/aromatic N) is 3. The maximum atomic E-state index is 14.2. The summed E-state index contributed by atoms with van der Waals surface area (Å²) < 4.78 is 27.0. The molecule has 0 aliphatic carbocycles. The fourth-order valence-corrected chi connectivity index (χ4v) is 4.65. The van der Waals surface area contributed by atoms with Crippen LogP contribution < -0.4 is 4.74 Å². The second-order valence-electron chi connectivity index (χ2n) is 8.36. The molecular formula is C23H23FN4O4. The molecule has 1 fully saturated rings. The summed E-state index contributed by atoms with van der Waals surface area (Å²) in [5.41, 5.74) is 4.93. The number of methoxy groups -OCH3 is 1.